The first kappa shape index (κ1) is 13.5. The van der Waals surface area contributed by atoms with E-state index in [0.717, 1.165) is 23.7 Å². The Kier molecular flexibility index (Phi) is 3.34. The van der Waals surface area contributed by atoms with Crippen molar-refractivity contribution < 1.29 is 4.74 Å². The van der Waals surface area contributed by atoms with E-state index < -0.39 is 0 Å². The summed E-state index contributed by atoms with van der Waals surface area (Å²) in [5.41, 5.74) is 0.334. The molecule has 4 nitrogen and oxygen atoms in total. The topological polar surface area (TPSA) is 38.2 Å². The van der Waals surface area contributed by atoms with Gasteiger partial charge in [0, 0.05) is 25.6 Å². The Hall–Kier alpha value is -1.20. The normalized spacial score (nSPS) is 29.6. The van der Waals surface area contributed by atoms with Crippen LogP contribution < -0.4 is 4.90 Å². The number of piperidine rings is 1. The van der Waals surface area contributed by atoms with Crippen molar-refractivity contribution in [2.45, 2.75) is 38.2 Å². The predicted octanol–water partition coefficient (Wildman–Crippen LogP) is 3.48. The summed E-state index contributed by atoms with van der Waals surface area (Å²) in [5.74, 6) is 1.11. The van der Waals surface area contributed by atoms with Crippen molar-refractivity contribution in [2.24, 2.45) is 5.41 Å². The first-order valence-corrected chi connectivity index (χ1v) is 8.66. The van der Waals surface area contributed by atoms with Crippen LogP contribution in [0.4, 0.5) is 5.82 Å². The van der Waals surface area contributed by atoms with Gasteiger partial charge in [-0.2, -0.15) is 0 Å². The minimum Gasteiger partial charge on any atom is -0.381 e. The minimum absolute atomic E-state index is 0.334. The molecule has 5 heteroatoms. The molecule has 0 N–H and O–H groups in total. The molecule has 3 heterocycles. The van der Waals surface area contributed by atoms with Gasteiger partial charge in [-0.1, -0.05) is 6.42 Å². The van der Waals surface area contributed by atoms with Crippen molar-refractivity contribution in [3.05, 3.63) is 17.8 Å². The number of fused-ring (bicyclic) bond motifs is 1. The van der Waals surface area contributed by atoms with Crippen molar-refractivity contribution in [1.82, 2.24) is 9.97 Å². The van der Waals surface area contributed by atoms with E-state index in [1.807, 2.05) is 7.11 Å². The van der Waals surface area contributed by atoms with E-state index >= 15 is 0 Å². The standard InChI is InChI=1S/C16H21N3OS/c1-20-13-4-2-6-16(13)7-3-8-19(10-16)14-12-5-9-21-15(12)18-11-17-14/h5,9,11,13H,2-4,6-8,10H2,1H3/t13-,16+/m1/s1. The van der Waals surface area contributed by atoms with Crippen LogP contribution in [0.3, 0.4) is 0 Å². The second-order valence-electron chi connectivity index (χ2n) is 6.34. The molecule has 2 fully saturated rings. The molecule has 1 spiro atoms. The lowest BCUT2D eigenvalue weighted by Gasteiger charge is -2.44. The molecule has 112 valence electrons. The molecule has 1 aliphatic heterocycles. The van der Waals surface area contributed by atoms with Gasteiger partial charge in [0.2, 0.25) is 0 Å². The van der Waals surface area contributed by atoms with E-state index in [1.165, 1.54) is 37.5 Å². The fourth-order valence-corrected chi connectivity index (χ4v) is 5.04. The molecule has 2 aromatic heterocycles. The van der Waals surface area contributed by atoms with Crippen molar-refractivity contribution in [2.75, 3.05) is 25.1 Å². The van der Waals surface area contributed by atoms with Crippen LogP contribution in [0.25, 0.3) is 10.2 Å². The number of methoxy groups -OCH3 is 1. The van der Waals surface area contributed by atoms with Gasteiger partial charge in [0.1, 0.15) is 17.0 Å². The number of nitrogens with zero attached hydrogens (tertiary/aromatic N) is 3. The number of ether oxygens (including phenoxy) is 1. The largest absolute Gasteiger partial charge is 0.381 e. The third-order valence-electron chi connectivity index (χ3n) is 5.26. The maximum atomic E-state index is 5.80. The highest BCUT2D eigenvalue weighted by Crippen LogP contribution is 2.47. The molecular formula is C16H21N3OS. The van der Waals surface area contributed by atoms with Gasteiger partial charge >= 0.3 is 0 Å². The molecule has 2 aliphatic rings. The summed E-state index contributed by atoms with van der Waals surface area (Å²) in [6, 6.07) is 2.15. The quantitative estimate of drug-likeness (QED) is 0.851. The SMILES string of the molecule is CO[C@@H]1CCC[C@@]12CCCN(c1ncnc3sccc13)C2. The number of thiophene rings is 1. The summed E-state index contributed by atoms with van der Waals surface area (Å²) in [6.07, 6.45) is 8.44. The van der Waals surface area contributed by atoms with Crippen molar-refractivity contribution in [1.29, 1.82) is 0 Å². The fourth-order valence-electron chi connectivity index (χ4n) is 4.31. The van der Waals surface area contributed by atoms with Crippen LogP contribution in [0.1, 0.15) is 32.1 Å². The van der Waals surface area contributed by atoms with Gasteiger partial charge < -0.3 is 9.64 Å². The predicted molar refractivity (Wildman–Crippen MR) is 85.9 cm³/mol. The lowest BCUT2D eigenvalue weighted by atomic mass is 9.76. The molecule has 1 saturated heterocycles. The van der Waals surface area contributed by atoms with Gasteiger partial charge in [-0.3, -0.25) is 0 Å². The van der Waals surface area contributed by atoms with Gasteiger partial charge in [0.05, 0.1) is 11.5 Å². The van der Waals surface area contributed by atoms with Crippen molar-refractivity contribution in [3.63, 3.8) is 0 Å². The Morgan fingerprint density at radius 3 is 3.14 bits per heavy atom. The molecule has 0 amide bonds. The maximum absolute atomic E-state index is 5.80. The number of hydrogen-bond acceptors (Lipinski definition) is 5. The Morgan fingerprint density at radius 1 is 1.33 bits per heavy atom. The molecular weight excluding hydrogens is 282 g/mol. The number of aromatic nitrogens is 2. The molecule has 0 aromatic carbocycles. The lowest BCUT2D eigenvalue weighted by molar-refractivity contribution is 0.00220. The average molecular weight is 303 g/mol. The van der Waals surface area contributed by atoms with E-state index in [9.17, 15) is 0 Å². The molecule has 0 unspecified atom stereocenters. The first-order chi connectivity index (χ1) is 10.3. The Labute approximate surface area is 129 Å². The summed E-state index contributed by atoms with van der Waals surface area (Å²) in [6.45, 7) is 2.17. The Bertz CT molecular complexity index is 643. The van der Waals surface area contributed by atoms with Crippen LogP contribution in [0.5, 0.6) is 0 Å². The second-order valence-corrected chi connectivity index (χ2v) is 7.24. The van der Waals surface area contributed by atoms with Crippen LogP contribution in [-0.4, -0.2) is 36.3 Å². The van der Waals surface area contributed by atoms with Gasteiger partial charge in [-0.25, -0.2) is 9.97 Å². The van der Waals surface area contributed by atoms with Gasteiger partial charge in [-0.05, 0) is 37.1 Å². The van der Waals surface area contributed by atoms with Crippen LogP contribution in [0, 0.1) is 5.41 Å². The van der Waals surface area contributed by atoms with Crippen LogP contribution in [-0.2, 0) is 4.74 Å². The average Bonchev–Trinajstić information content (AvgIpc) is 3.13. The summed E-state index contributed by atoms with van der Waals surface area (Å²) < 4.78 is 5.80. The van der Waals surface area contributed by atoms with E-state index in [0.29, 0.717) is 11.5 Å². The molecule has 21 heavy (non-hydrogen) atoms. The van der Waals surface area contributed by atoms with E-state index in [1.54, 1.807) is 17.7 Å². The summed E-state index contributed by atoms with van der Waals surface area (Å²) in [4.78, 5) is 12.5. The molecule has 4 rings (SSSR count). The lowest BCUT2D eigenvalue weighted by Crippen LogP contribution is -2.48. The Morgan fingerprint density at radius 2 is 2.24 bits per heavy atom. The zero-order valence-electron chi connectivity index (χ0n) is 12.4. The number of rotatable bonds is 2. The van der Waals surface area contributed by atoms with Crippen LogP contribution in [0.2, 0.25) is 0 Å². The smallest absolute Gasteiger partial charge is 0.140 e. The second kappa shape index (κ2) is 5.21. The zero-order chi connectivity index (χ0) is 14.3. The summed E-state index contributed by atoms with van der Waals surface area (Å²) in [7, 11) is 1.87. The van der Waals surface area contributed by atoms with Crippen molar-refractivity contribution in [3.8, 4) is 0 Å². The molecule has 0 radical (unpaired) electrons. The molecule has 2 atom stereocenters. The third kappa shape index (κ3) is 2.14. The molecule has 1 saturated carbocycles. The maximum Gasteiger partial charge on any atom is 0.140 e. The number of hydrogen-bond donors (Lipinski definition) is 0. The third-order valence-corrected chi connectivity index (χ3v) is 6.08. The number of anilines is 1. The van der Waals surface area contributed by atoms with Gasteiger partial charge in [-0.15, -0.1) is 11.3 Å². The summed E-state index contributed by atoms with van der Waals surface area (Å²) in [5, 5.41) is 3.31. The van der Waals surface area contributed by atoms with E-state index in [-0.39, 0.29) is 0 Å². The molecule has 2 aromatic rings. The highest BCUT2D eigenvalue weighted by Gasteiger charge is 2.46. The molecule has 1 aliphatic carbocycles. The molecule has 0 bridgehead atoms. The Balaban J connectivity index is 1.68. The van der Waals surface area contributed by atoms with Crippen LogP contribution in [0.15, 0.2) is 17.8 Å². The first-order valence-electron chi connectivity index (χ1n) is 7.78. The highest BCUT2D eigenvalue weighted by atomic mass is 32.1. The highest BCUT2D eigenvalue weighted by molar-refractivity contribution is 7.16. The zero-order valence-corrected chi connectivity index (χ0v) is 13.2. The van der Waals surface area contributed by atoms with Gasteiger partial charge in [0.15, 0.2) is 0 Å². The van der Waals surface area contributed by atoms with E-state index in [2.05, 4.69) is 26.3 Å². The summed E-state index contributed by atoms with van der Waals surface area (Å²) >= 11 is 1.69. The van der Waals surface area contributed by atoms with E-state index in [4.69, 9.17) is 4.74 Å². The minimum atomic E-state index is 0.334. The monoisotopic (exact) mass is 303 g/mol. The van der Waals surface area contributed by atoms with Gasteiger partial charge in [0.25, 0.3) is 0 Å². The van der Waals surface area contributed by atoms with Crippen LogP contribution >= 0.6 is 11.3 Å². The fraction of sp³-hybridized carbons (Fsp3) is 0.625. The van der Waals surface area contributed by atoms with Crippen molar-refractivity contribution >= 4 is 27.4 Å².